The van der Waals surface area contributed by atoms with E-state index >= 15 is 0 Å². The molecule has 29 heavy (non-hydrogen) atoms. The van der Waals surface area contributed by atoms with Gasteiger partial charge in [0.25, 0.3) is 0 Å². The zero-order valence-corrected chi connectivity index (χ0v) is 20.1. The van der Waals surface area contributed by atoms with Gasteiger partial charge in [-0.3, -0.25) is 9.89 Å². The molecule has 0 aliphatic carbocycles. The summed E-state index contributed by atoms with van der Waals surface area (Å²) >= 11 is 0. The van der Waals surface area contributed by atoms with Gasteiger partial charge in [-0.15, -0.1) is 24.0 Å². The standard InChI is InChI=1S/C22H35N5O.HI/c1-17-5-3-6-18(15-17)27-13-11-26(12-14-27)10-4-9-24-22(23-2)25-20-16-19-7-8-21(20)28-19;/h3,5-6,15,19-21H,4,7-14,16H2,1-2H3,(H2,23,24,25);1H. The fourth-order valence-corrected chi connectivity index (χ4v) is 4.72. The molecule has 3 aliphatic rings. The normalized spacial score (nSPS) is 27.0. The fourth-order valence-electron chi connectivity index (χ4n) is 4.72. The minimum atomic E-state index is 0. The van der Waals surface area contributed by atoms with Crippen LogP contribution in [0.25, 0.3) is 0 Å². The summed E-state index contributed by atoms with van der Waals surface area (Å²) in [6.45, 7) is 8.78. The molecular formula is C22H36IN5O. The maximum absolute atomic E-state index is 5.93. The number of hydrogen-bond donors (Lipinski definition) is 2. The average molecular weight is 513 g/mol. The Balaban J connectivity index is 0.00000240. The minimum Gasteiger partial charge on any atom is -0.373 e. The van der Waals surface area contributed by atoms with Crippen molar-refractivity contribution >= 4 is 35.6 Å². The number of guanidine groups is 1. The number of nitrogens with one attached hydrogen (secondary N) is 2. The zero-order valence-electron chi connectivity index (χ0n) is 17.8. The summed E-state index contributed by atoms with van der Waals surface area (Å²) in [5.74, 6) is 0.922. The quantitative estimate of drug-likeness (QED) is 0.265. The van der Waals surface area contributed by atoms with E-state index in [1.807, 2.05) is 7.05 Å². The molecular weight excluding hydrogens is 477 g/mol. The van der Waals surface area contributed by atoms with Crippen LogP contribution < -0.4 is 15.5 Å². The monoisotopic (exact) mass is 513 g/mol. The van der Waals surface area contributed by atoms with E-state index in [0.717, 1.165) is 58.1 Å². The first kappa shape index (κ1) is 22.6. The molecule has 162 valence electrons. The Morgan fingerprint density at radius 3 is 2.69 bits per heavy atom. The molecule has 3 unspecified atom stereocenters. The van der Waals surface area contributed by atoms with Gasteiger partial charge in [0.05, 0.1) is 18.2 Å². The summed E-state index contributed by atoms with van der Waals surface area (Å²) in [5.41, 5.74) is 2.70. The minimum absolute atomic E-state index is 0. The van der Waals surface area contributed by atoms with Gasteiger partial charge < -0.3 is 20.3 Å². The highest BCUT2D eigenvalue weighted by Crippen LogP contribution is 2.34. The molecule has 1 aromatic rings. The van der Waals surface area contributed by atoms with E-state index in [1.165, 1.54) is 24.1 Å². The van der Waals surface area contributed by atoms with Gasteiger partial charge in [0.15, 0.2) is 5.96 Å². The summed E-state index contributed by atoms with van der Waals surface area (Å²) in [5, 5.41) is 7.04. The van der Waals surface area contributed by atoms with Gasteiger partial charge in [0.1, 0.15) is 0 Å². The first-order valence-corrected chi connectivity index (χ1v) is 10.9. The van der Waals surface area contributed by atoms with E-state index in [0.29, 0.717) is 18.2 Å². The van der Waals surface area contributed by atoms with Crippen LogP contribution in [0.5, 0.6) is 0 Å². The molecule has 2 bridgehead atoms. The lowest BCUT2D eigenvalue weighted by molar-refractivity contribution is 0.0992. The van der Waals surface area contributed by atoms with Crippen LogP contribution in [0.1, 0.15) is 31.2 Å². The molecule has 3 saturated heterocycles. The summed E-state index contributed by atoms with van der Waals surface area (Å²) < 4.78 is 5.93. The van der Waals surface area contributed by atoms with Crippen molar-refractivity contribution in [2.24, 2.45) is 4.99 Å². The predicted molar refractivity (Wildman–Crippen MR) is 131 cm³/mol. The number of anilines is 1. The van der Waals surface area contributed by atoms with Crippen molar-refractivity contribution in [3.05, 3.63) is 29.8 Å². The Hall–Kier alpha value is -1.06. The number of hydrogen-bond acceptors (Lipinski definition) is 4. The molecule has 6 nitrogen and oxygen atoms in total. The maximum Gasteiger partial charge on any atom is 0.191 e. The molecule has 1 aromatic carbocycles. The third kappa shape index (κ3) is 5.98. The Morgan fingerprint density at radius 2 is 2.03 bits per heavy atom. The molecule has 7 heteroatoms. The van der Waals surface area contributed by atoms with Crippen LogP contribution in [-0.2, 0) is 4.74 Å². The summed E-state index contributed by atoms with van der Waals surface area (Å²) in [4.78, 5) is 9.47. The Bertz CT molecular complexity index is 677. The molecule has 2 N–H and O–H groups in total. The van der Waals surface area contributed by atoms with Gasteiger partial charge in [0.2, 0.25) is 0 Å². The second-order valence-corrected chi connectivity index (χ2v) is 8.38. The number of nitrogens with zero attached hydrogens (tertiary/aromatic N) is 3. The molecule has 0 aromatic heterocycles. The van der Waals surface area contributed by atoms with Crippen molar-refractivity contribution in [1.82, 2.24) is 15.5 Å². The fraction of sp³-hybridized carbons (Fsp3) is 0.682. The Labute approximate surface area is 192 Å². The zero-order chi connectivity index (χ0) is 19.3. The lowest BCUT2D eigenvalue weighted by Crippen LogP contribution is -2.49. The number of ether oxygens (including phenoxy) is 1. The smallest absolute Gasteiger partial charge is 0.191 e. The number of halogens is 1. The molecule has 0 spiro atoms. The number of piperazine rings is 1. The van der Waals surface area contributed by atoms with Gasteiger partial charge in [-0.25, -0.2) is 0 Å². The third-order valence-corrected chi connectivity index (χ3v) is 6.33. The first-order chi connectivity index (χ1) is 13.7. The van der Waals surface area contributed by atoms with Crippen molar-refractivity contribution in [3.63, 3.8) is 0 Å². The van der Waals surface area contributed by atoms with Gasteiger partial charge in [-0.05, 0) is 56.8 Å². The number of aryl methyl sites for hydroxylation is 1. The maximum atomic E-state index is 5.93. The average Bonchev–Trinajstić information content (AvgIpc) is 3.34. The highest BCUT2D eigenvalue weighted by atomic mass is 127. The van der Waals surface area contributed by atoms with E-state index in [9.17, 15) is 0 Å². The van der Waals surface area contributed by atoms with Gasteiger partial charge >= 0.3 is 0 Å². The highest BCUT2D eigenvalue weighted by molar-refractivity contribution is 14.0. The van der Waals surface area contributed by atoms with E-state index < -0.39 is 0 Å². The van der Waals surface area contributed by atoms with Crippen molar-refractivity contribution in [2.45, 2.75) is 50.9 Å². The summed E-state index contributed by atoms with van der Waals surface area (Å²) in [6.07, 6.45) is 5.53. The van der Waals surface area contributed by atoms with Crippen LogP contribution in [0.15, 0.2) is 29.3 Å². The largest absolute Gasteiger partial charge is 0.373 e. The van der Waals surface area contributed by atoms with Crippen LogP contribution in [0, 0.1) is 6.92 Å². The molecule has 3 fully saturated rings. The van der Waals surface area contributed by atoms with Crippen molar-refractivity contribution in [1.29, 1.82) is 0 Å². The second kappa shape index (κ2) is 10.8. The van der Waals surface area contributed by atoms with Crippen LogP contribution >= 0.6 is 24.0 Å². The summed E-state index contributed by atoms with van der Waals surface area (Å²) in [6, 6.07) is 9.28. The van der Waals surface area contributed by atoms with Gasteiger partial charge in [-0.1, -0.05) is 12.1 Å². The Morgan fingerprint density at radius 1 is 1.21 bits per heavy atom. The molecule has 0 saturated carbocycles. The SMILES string of the molecule is CN=C(NCCCN1CCN(c2cccc(C)c2)CC1)NC1CC2CCC1O2.I. The number of rotatable bonds is 6. The summed E-state index contributed by atoms with van der Waals surface area (Å²) in [7, 11) is 1.86. The van der Waals surface area contributed by atoms with Crippen molar-refractivity contribution < 1.29 is 4.74 Å². The molecule has 4 rings (SSSR count). The van der Waals surface area contributed by atoms with Gasteiger partial charge in [0, 0.05) is 45.5 Å². The number of fused-ring (bicyclic) bond motifs is 2. The van der Waals surface area contributed by atoms with Gasteiger partial charge in [-0.2, -0.15) is 0 Å². The molecule has 0 radical (unpaired) electrons. The van der Waals surface area contributed by atoms with Crippen LogP contribution in [0.3, 0.4) is 0 Å². The van der Waals surface area contributed by atoms with Crippen LogP contribution in [-0.4, -0.2) is 75.4 Å². The van der Waals surface area contributed by atoms with E-state index in [1.54, 1.807) is 0 Å². The molecule has 3 aliphatic heterocycles. The highest BCUT2D eigenvalue weighted by Gasteiger charge is 2.41. The molecule has 3 heterocycles. The second-order valence-electron chi connectivity index (χ2n) is 8.38. The van der Waals surface area contributed by atoms with E-state index in [2.05, 4.69) is 56.6 Å². The third-order valence-electron chi connectivity index (χ3n) is 6.33. The number of benzene rings is 1. The van der Waals surface area contributed by atoms with E-state index in [-0.39, 0.29) is 24.0 Å². The van der Waals surface area contributed by atoms with Crippen molar-refractivity contribution in [2.75, 3.05) is 51.2 Å². The first-order valence-electron chi connectivity index (χ1n) is 10.9. The molecule has 3 atom stereocenters. The Kier molecular flexibility index (Phi) is 8.44. The topological polar surface area (TPSA) is 52.1 Å². The van der Waals surface area contributed by atoms with Crippen LogP contribution in [0.4, 0.5) is 5.69 Å². The number of aliphatic imine (C=N–C) groups is 1. The lowest BCUT2D eigenvalue weighted by Gasteiger charge is -2.36. The van der Waals surface area contributed by atoms with Crippen molar-refractivity contribution in [3.8, 4) is 0 Å². The van der Waals surface area contributed by atoms with E-state index in [4.69, 9.17) is 4.74 Å². The molecule has 0 amide bonds. The lowest BCUT2D eigenvalue weighted by atomic mass is 9.96. The van der Waals surface area contributed by atoms with Crippen LogP contribution in [0.2, 0.25) is 0 Å². The predicted octanol–water partition coefficient (Wildman–Crippen LogP) is 2.61.